The van der Waals surface area contributed by atoms with E-state index in [0.29, 0.717) is 12.0 Å². The van der Waals surface area contributed by atoms with Crippen molar-refractivity contribution in [3.05, 3.63) is 30.1 Å². The highest BCUT2D eigenvalue weighted by Gasteiger charge is 2.33. The molecule has 0 bridgehead atoms. The van der Waals surface area contributed by atoms with Crippen LogP contribution in [0.3, 0.4) is 0 Å². The Kier molecular flexibility index (Phi) is 6.89. The SMILES string of the molecule is CCN(C(=O)c1cccnc1)C(CC1CCCCC1)C1CCCCC1. The van der Waals surface area contributed by atoms with E-state index in [1.165, 1.54) is 70.6 Å². The van der Waals surface area contributed by atoms with Gasteiger partial charge in [-0.25, -0.2) is 0 Å². The molecule has 25 heavy (non-hydrogen) atoms. The average molecular weight is 343 g/mol. The molecule has 2 aliphatic carbocycles. The van der Waals surface area contributed by atoms with Crippen LogP contribution in [0, 0.1) is 11.8 Å². The van der Waals surface area contributed by atoms with Crippen LogP contribution in [-0.4, -0.2) is 28.4 Å². The number of nitrogens with zero attached hydrogens (tertiary/aromatic N) is 2. The molecule has 0 aromatic carbocycles. The summed E-state index contributed by atoms with van der Waals surface area (Å²) in [6.07, 6.45) is 18.2. The molecule has 2 saturated carbocycles. The van der Waals surface area contributed by atoms with Gasteiger partial charge in [0, 0.05) is 25.0 Å². The normalized spacial score (nSPS) is 21.0. The zero-order chi connectivity index (χ0) is 17.5. The second-order valence-corrected chi connectivity index (χ2v) is 8.04. The Morgan fingerprint density at radius 3 is 2.40 bits per heavy atom. The average Bonchev–Trinajstić information content (AvgIpc) is 2.70. The molecule has 1 aromatic heterocycles. The van der Waals surface area contributed by atoms with E-state index < -0.39 is 0 Å². The van der Waals surface area contributed by atoms with E-state index in [2.05, 4.69) is 16.8 Å². The Morgan fingerprint density at radius 2 is 1.80 bits per heavy atom. The van der Waals surface area contributed by atoms with Gasteiger partial charge in [-0.3, -0.25) is 9.78 Å². The summed E-state index contributed by atoms with van der Waals surface area (Å²) < 4.78 is 0. The summed E-state index contributed by atoms with van der Waals surface area (Å²) in [5.41, 5.74) is 0.744. The quantitative estimate of drug-likeness (QED) is 0.687. The van der Waals surface area contributed by atoms with Crippen molar-refractivity contribution in [2.75, 3.05) is 6.54 Å². The minimum Gasteiger partial charge on any atom is -0.336 e. The largest absolute Gasteiger partial charge is 0.336 e. The molecule has 2 aliphatic rings. The molecule has 0 saturated heterocycles. The Balaban J connectivity index is 1.78. The second-order valence-electron chi connectivity index (χ2n) is 8.04. The number of pyridine rings is 1. The molecule has 3 heteroatoms. The first-order valence-corrected chi connectivity index (χ1v) is 10.5. The van der Waals surface area contributed by atoms with Gasteiger partial charge in [-0.1, -0.05) is 51.4 Å². The van der Waals surface area contributed by atoms with Crippen LogP contribution in [0.25, 0.3) is 0 Å². The molecule has 1 atom stereocenters. The van der Waals surface area contributed by atoms with Crippen LogP contribution in [0.4, 0.5) is 0 Å². The van der Waals surface area contributed by atoms with Crippen LogP contribution in [0.2, 0.25) is 0 Å². The van der Waals surface area contributed by atoms with Gasteiger partial charge in [0.1, 0.15) is 0 Å². The Morgan fingerprint density at radius 1 is 1.12 bits per heavy atom. The molecular weight excluding hydrogens is 308 g/mol. The van der Waals surface area contributed by atoms with Crippen LogP contribution >= 0.6 is 0 Å². The van der Waals surface area contributed by atoms with Gasteiger partial charge in [-0.2, -0.15) is 0 Å². The van der Waals surface area contributed by atoms with Crippen molar-refractivity contribution in [3.63, 3.8) is 0 Å². The number of carbonyl (C=O) groups excluding carboxylic acids is 1. The van der Waals surface area contributed by atoms with E-state index in [1.54, 1.807) is 12.4 Å². The number of amides is 1. The predicted molar refractivity (Wildman–Crippen MR) is 103 cm³/mol. The van der Waals surface area contributed by atoms with Crippen molar-refractivity contribution in [1.82, 2.24) is 9.88 Å². The molecule has 138 valence electrons. The van der Waals surface area contributed by atoms with Crippen LogP contribution in [0.15, 0.2) is 24.5 Å². The fourth-order valence-electron chi connectivity index (χ4n) is 5.04. The summed E-state index contributed by atoms with van der Waals surface area (Å²) in [5, 5.41) is 0. The van der Waals surface area contributed by atoms with Gasteiger partial charge in [0.15, 0.2) is 0 Å². The Bertz CT molecular complexity index is 518. The summed E-state index contributed by atoms with van der Waals surface area (Å²) in [5.74, 6) is 1.69. The first-order valence-electron chi connectivity index (χ1n) is 10.5. The van der Waals surface area contributed by atoms with E-state index in [0.717, 1.165) is 18.0 Å². The Labute approximate surface area is 153 Å². The summed E-state index contributed by atoms with van der Waals surface area (Å²) in [6.45, 7) is 2.95. The number of hydrogen-bond donors (Lipinski definition) is 0. The molecule has 0 radical (unpaired) electrons. The molecule has 1 unspecified atom stereocenters. The standard InChI is InChI=1S/C22H34N2O/c1-2-24(22(25)20-14-9-15-23-17-20)21(19-12-7-4-8-13-19)16-18-10-5-3-6-11-18/h9,14-15,17-19,21H,2-8,10-13,16H2,1H3. The molecule has 2 fully saturated rings. The molecule has 0 N–H and O–H groups in total. The lowest BCUT2D eigenvalue weighted by Crippen LogP contribution is -2.46. The van der Waals surface area contributed by atoms with Gasteiger partial charge in [0.05, 0.1) is 5.56 Å². The van der Waals surface area contributed by atoms with Crippen molar-refractivity contribution >= 4 is 5.91 Å². The first-order chi connectivity index (χ1) is 12.3. The fraction of sp³-hybridized carbons (Fsp3) is 0.727. The lowest BCUT2D eigenvalue weighted by molar-refractivity contribution is 0.0517. The van der Waals surface area contributed by atoms with Crippen LogP contribution in [-0.2, 0) is 0 Å². The maximum atomic E-state index is 13.2. The van der Waals surface area contributed by atoms with Crippen molar-refractivity contribution < 1.29 is 4.79 Å². The molecule has 1 aromatic rings. The van der Waals surface area contributed by atoms with Crippen LogP contribution in [0.5, 0.6) is 0 Å². The minimum atomic E-state index is 0.182. The highest BCUT2D eigenvalue weighted by atomic mass is 16.2. The monoisotopic (exact) mass is 342 g/mol. The van der Waals surface area contributed by atoms with Gasteiger partial charge < -0.3 is 4.90 Å². The van der Waals surface area contributed by atoms with Crippen molar-refractivity contribution in [3.8, 4) is 0 Å². The summed E-state index contributed by atoms with van der Waals surface area (Å²) >= 11 is 0. The molecule has 3 rings (SSSR count). The number of carbonyl (C=O) groups is 1. The van der Waals surface area contributed by atoms with E-state index in [1.807, 2.05) is 12.1 Å². The molecule has 1 amide bonds. The van der Waals surface area contributed by atoms with Crippen molar-refractivity contribution in [2.24, 2.45) is 11.8 Å². The van der Waals surface area contributed by atoms with Gasteiger partial charge in [0.25, 0.3) is 5.91 Å². The molecule has 1 heterocycles. The molecular formula is C22H34N2O. The highest BCUT2D eigenvalue weighted by molar-refractivity contribution is 5.94. The zero-order valence-corrected chi connectivity index (χ0v) is 15.8. The third kappa shape index (κ3) is 4.83. The number of rotatable bonds is 6. The summed E-state index contributed by atoms with van der Waals surface area (Å²) in [4.78, 5) is 19.5. The van der Waals surface area contributed by atoms with E-state index >= 15 is 0 Å². The highest BCUT2D eigenvalue weighted by Crippen LogP contribution is 2.36. The van der Waals surface area contributed by atoms with E-state index in [9.17, 15) is 4.79 Å². The molecule has 0 spiro atoms. The summed E-state index contributed by atoms with van der Waals surface area (Å²) in [6, 6.07) is 4.20. The van der Waals surface area contributed by atoms with Crippen LogP contribution in [0.1, 0.15) is 87.9 Å². The Hall–Kier alpha value is -1.38. The lowest BCUT2D eigenvalue weighted by Gasteiger charge is -2.41. The van der Waals surface area contributed by atoms with Crippen molar-refractivity contribution in [2.45, 2.75) is 83.6 Å². The van der Waals surface area contributed by atoms with Gasteiger partial charge in [-0.05, 0) is 50.2 Å². The second kappa shape index (κ2) is 9.35. The van der Waals surface area contributed by atoms with Gasteiger partial charge in [0.2, 0.25) is 0 Å². The third-order valence-corrected chi connectivity index (χ3v) is 6.40. The maximum absolute atomic E-state index is 13.2. The molecule has 0 aliphatic heterocycles. The van der Waals surface area contributed by atoms with Gasteiger partial charge >= 0.3 is 0 Å². The summed E-state index contributed by atoms with van der Waals surface area (Å²) in [7, 11) is 0. The van der Waals surface area contributed by atoms with Gasteiger partial charge in [-0.15, -0.1) is 0 Å². The predicted octanol–water partition coefficient (Wildman–Crippen LogP) is 5.46. The topological polar surface area (TPSA) is 33.2 Å². The fourth-order valence-corrected chi connectivity index (χ4v) is 5.04. The van der Waals surface area contributed by atoms with E-state index in [4.69, 9.17) is 0 Å². The van der Waals surface area contributed by atoms with Crippen LogP contribution < -0.4 is 0 Å². The van der Waals surface area contributed by atoms with Crippen molar-refractivity contribution in [1.29, 1.82) is 0 Å². The molecule has 3 nitrogen and oxygen atoms in total. The van der Waals surface area contributed by atoms with E-state index in [-0.39, 0.29) is 5.91 Å². The number of hydrogen-bond acceptors (Lipinski definition) is 2. The smallest absolute Gasteiger partial charge is 0.255 e. The number of aromatic nitrogens is 1. The first kappa shape index (κ1) is 18.4. The maximum Gasteiger partial charge on any atom is 0.255 e. The lowest BCUT2D eigenvalue weighted by atomic mass is 9.76. The zero-order valence-electron chi connectivity index (χ0n) is 15.8. The third-order valence-electron chi connectivity index (χ3n) is 6.40. The minimum absolute atomic E-state index is 0.182.